The standard InChI is InChI=1S/C16H11ClF2N2/c1-8-3-4-10(9(2)5-8)16-20-14-7-13(19)12(18)6-11(14)15(17)21-16/h3-7H,1-2H3. The van der Waals surface area contributed by atoms with Crippen molar-refractivity contribution in [3.8, 4) is 11.4 Å². The molecule has 0 spiro atoms. The second-order valence-electron chi connectivity index (χ2n) is 4.94. The van der Waals surface area contributed by atoms with Crippen molar-refractivity contribution in [1.29, 1.82) is 0 Å². The molecule has 106 valence electrons. The van der Waals surface area contributed by atoms with Gasteiger partial charge in [-0.1, -0.05) is 35.4 Å². The van der Waals surface area contributed by atoms with Crippen LogP contribution in [-0.2, 0) is 0 Å². The van der Waals surface area contributed by atoms with Crippen molar-refractivity contribution in [2.45, 2.75) is 13.8 Å². The molecule has 0 N–H and O–H groups in total. The van der Waals surface area contributed by atoms with E-state index >= 15 is 0 Å². The molecule has 5 heteroatoms. The maximum atomic E-state index is 13.4. The molecule has 0 aliphatic rings. The summed E-state index contributed by atoms with van der Waals surface area (Å²) in [6.07, 6.45) is 0. The highest BCUT2D eigenvalue weighted by Crippen LogP contribution is 2.28. The zero-order valence-corrected chi connectivity index (χ0v) is 12.2. The summed E-state index contributed by atoms with van der Waals surface area (Å²) in [5, 5.41) is 0.401. The van der Waals surface area contributed by atoms with Crippen LogP contribution in [0.15, 0.2) is 30.3 Å². The van der Waals surface area contributed by atoms with E-state index in [4.69, 9.17) is 11.6 Å². The van der Waals surface area contributed by atoms with Crippen LogP contribution in [0.2, 0.25) is 5.15 Å². The van der Waals surface area contributed by atoms with E-state index in [-0.39, 0.29) is 10.7 Å². The maximum absolute atomic E-state index is 13.4. The molecule has 1 heterocycles. The van der Waals surface area contributed by atoms with Crippen molar-refractivity contribution in [1.82, 2.24) is 9.97 Å². The summed E-state index contributed by atoms with van der Waals surface area (Å²) in [4.78, 5) is 8.49. The first-order valence-electron chi connectivity index (χ1n) is 6.35. The van der Waals surface area contributed by atoms with E-state index in [1.54, 1.807) is 0 Å². The van der Waals surface area contributed by atoms with Crippen LogP contribution in [0.4, 0.5) is 8.78 Å². The minimum Gasteiger partial charge on any atom is -0.228 e. The number of hydrogen-bond donors (Lipinski definition) is 0. The summed E-state index contributed by atoms with van der Waals surface area (Å²) in [6, 6.07) is 7.88. The Balaban J connectivity index is 2.27. The van der Waals surface area contributed by atoms with Crippen LogP contribution >= 0.6 is 11.6 Å². The lowest BCUT2D eigenvalue weighted by molar-refractivity contribution is 0.510. The molecule has 0 aliphatic carbocycles. The van der Waals surface area contributed by atoms with Crippen LogP contribution in [0.25, 0.3) is 22.3 Å². The Hall–Kier alpha value is -2.07. The zero-order chi connectivity index (χ0) is 15.1. The number of benzene rings is 2. The van der Waals surface area contributed by atoms with E-state index in [0.29, 0.717) is 11.2 Å². The average Bonchev–Trinajstić information content (AvgIpc) is 2.41. The lowest BCUT2D eigenvalue weighted by Crippen LogP contribution is -1.96. The molecule has 2 nitrogen and oxygen atoms in total. The zero-order valence-electron chi connectivity index (χ0n) is 11.4. The lowest BCUT2D eigenvalue weighted by Gasteiger charge is -2.08. The topological polar surface area (TPSA) is 25.8 Å². The van der Waals surface area contributed by atoms with Crippen LogP contribution in [0.1, 0.15) is 11.1 Å². The van der Waals surface area contributed by atoms with Gasteiger partial charge >= 0.3 is 0 Å². The Morgan fingerprint density at radius 3 is 2.38 bits per heavy atom. The molecule has 0 bridgehead atoms. The number of aryl methyl sites for hydroxylation is 2. The molecule has 0 atom stereocenters. The van der Waals surface area contributed by atoms with Gasteiger partial charge in [-0.25, -0.2) is 18.7 Å². The van der Waals surface area contributed by atoms with Crippen LogP contribution in [0.3, 0.4) is 0 Å². The van der Waals surface area contributed by atoms with Crippen molar-refractivity contribution in [3.63, 3.8) is 0 Å². The molecule has 0 aliphatic heterocycles. The third kappa shape index (κ3) is 2.47. The number of aromatic nitrogens is 2. The van der Waals surface area contributed by atoms with Crippen LogP contribution in [-0.4, -0.2) is 9.97 Å². The van der Waals surface area contributed by atoms with Gasteiger partial charge in [-0.15, -0.1) is 0 Å². The molecule has 0 radical (unpaired) electrons. The number of halogens is 3. The van der Waals surface area contributed by atoms with Gasteiger partial charge in [0.1, 0.15) is 5.15 Å². The molecule has 0 saturated carbocycles. The maximum Gasteiger partial charge on any atom is 0.161 e. The normalized spacial score (nSPS) is 11.1. The second kappa shape index (κ2) is 5.04. The first-order valence-corrected chi connectivity index (χ1v) is 6.73. The minimum atomic E-state index is -0.965. The lowest BCUT2D eigenvalue weighted by atomic mass is 10.1. The third-order valence-corrected chi connectivity index (χ3v) is 3.60. The van der Waals surface area contributed by atoms with Crippen molar-refractivity contribution >= 4 is 22.5 Å². The van der Waals surface area contributed by atoms with Gasteiger partial charge in [0.15, 0.2) is 17.5 Å². The molecule has 2 aromatic carbocycles. The van der Waals surface area contributed by atoms with Crippen molar-refractivity contribution in [2.75, 3.05) is 0 Å². The molecule has 0 fully saturated rings. The Kier molecular flexibility index (Phi) is 3.33. The number of rotatable bonds is 1. The fraction of sp³-hybridized carbons (Fsp3) is 0.125. The number of hydrogen-bond acceptors (Lipinski definition) is 2. The number of nitrogens with zero attached hydrogens (tertiary/aromatic N) is 2. The quantitative estimate of drug-likeness (QED) is 0.601. The summed E-state index contributed by atoms with van der Waals surface area (Å²) >= 11 is 6.08. The number of fused-ring (bicyclic) bond motifs is 1. The smallest absolute Gasteiger partial charge is 0.161 e. The van der Waals surface area contributed by atoms with Gasteiger partial charge in [0.2, 0.25) is 0 Å². The van der Waals surface area contributed by atoms with Crippen LogP contribution < -0.4 is 0 Å². The molecule has 1 aromatic heterocycles. The van der Waals surface area contributed by atoms with E-state index in [1.807, 2.05) is 32.0 Å². The highest BCUT2D eigenvalue weighted by atomic mass is 35.5. The average molecular weight is 305 g/mol. The Morgan fingerprint density at radius 1 is 0.952 bits per heavy atom. The fourth-order valence-corrected chi connectivity index (χ4v) is 2.50. The SMILES string of the molecule is Cc1ccc(-c2nc(Cl)c3cc(F)c(F)cc3n2)c(C)c1. The van der Waals surface area contributed by atoms with Crippen molar-refractivity contribution in [3.05, 3.63) is 58.2 Å². The largest absolute Gasteiger partial charge is 0.228 e. The van der Waals surface area contributed by atoms with Crippen LogP contribution in [0, 0.1) is 25.5 Å². The highest BCUT2D eigenvalue weighted by molar-refractivity contribution is 6.34. The monoisotopic (exact) mass is 304 g/mol. The van der Waals surface area contributed by atoms with Crippen molar-refractivity contribution in [2.24, 2.45) is 0 Å². The molecule has 0 unspecified atom stereocenters. The molecular formula is C16H11ClF2N2. The van der Waals surface area contributed by atoms with E-state index in [1.165, 1.54) is 0 Å². The van der Waals surface area contributed by atoms with Crippen molar-refractivity contribution < 1.29 is 8.78 Å². The molecule has 0 saturated heterocycles. The Morgan fingerprint density at radius 2 is 1.67 bits per heavy atom. The van der Waals surface area contributed by atoms with Gasteiger partial charge in [0.05, 0.1) is 5.52 Å². The van der Waals surface area contributed by atoms with Gasteiger partial charge in [0, 0.05) is 17.0 Å². The predicted molar refractivity (Wildman–Crippen MR) is 79.4 cm³/mol. The van der Waals surface area contributed by atoms with Gasteiger partial charge in [-0.05, 0) is 25.5 Å². The summed E-state index contributed by atoms with van der Waals surface area (Å²) in [6.45, 7) is 3.93. The summed E-state index contributed by atoms with van der Waals surface area (Å²) in [5.41, 5.74) is 3.21. The highest BCUT2D eigenvalue weighted by Gasteiger charge is 2.13. The van der Waals surface area contributed by atoms with Crippen LogP contribution in [0.5, 0.6) is 0 Å². The summed E-state index contributed by atoms with van der Waals surface area (Å²) in [7, 11) is 0. The fourth-order valence-electron chi connectivity index (χ4n) is 2.27. The molecule has 3 rings (SSSR count). The van der Waals surface area contributed by atoms with E-state index < -0.39 is 11.6 Å². The van der Waals surface area contributed by atoms with Gasteiger partial charge in [-0.3, -0.25) is 0 Å². The van der Waals surface area contributed by atoms with Gasteiger partial charge in [0.25, 0.3) is 0 Å². The Labute approximate surface area is 125 Å². The van der Waals surface area contributed by atoms with E-state index in [2.05, 4.69) is 9.97 Å². The second-order valence-corrected chi connectivity index (χ2v) is 5.30. The molecule has 0 amide bonds. The van der Waals surface area contributed by atoms with E-state index in [0.717, 1.165) is 28.8 Å². The Bertz CT molecular complexity index is 863. The molecule has 21 heavy (non-hydrogen) atoms. The van der Waals surface area contributed by atoms with Gasteiger partial charge in [-0.2, -0.15) is 0 Å². The van der Waals surface area contributed by atoms with E-state index in [9.17, 15) is 8.78 Å². The first kappa shape index (κ1) is 13.9. The molecular weight excluding hydrogens is 294 g/mol. The van der Waals surface area contributed by atoms with Gasteiger partial charge < -0.3 is 0 Å². The predicted octanol–water partition coefficient (Wildman–Crippen LogP) is 4.85. The third-order valence-electron chi connectivity index (χ3n) is 3.31. The minimum absolute atomic E-state index is 0.105. The summed E-state index contributed by atoms with van der Waals surface area (Å²) in [5.74, 6) is -1.52. The first-order chi connectivity index (χ1) is 9.95. The molecule has 3 aromatic rings. The summed E-state index contributed by atoms with van der Waals surface area (Å²) < 4.78 is 26.6.